The maximum absolute atomic E-state index is 13.5. The van der Waals surface area contributed by atoms with Crippen LogP contribution < -0.4 is 9.80 Å². The van der Waals surface area contributed by atoms with Crippen LogP contribution in [0, 0.1) is 5.41 Å². The largest absolute Gasteiger partial charge is 0.315 e. The van der Waals surface area contributed by atoms with Crippen molar-refractivity contribution >= 4 is 39.7 Å². The van der Waals surface area contributed by atoms with Crippen molar-refractivity contribution in [1.82, 2.24) is 9.97 Å². The second-order valence-electron chi connectivity index (χ2n) is 9.97. The van der Waals surface area contributed by atoms with Gasteiger partial charge in [-0.3, -0.25) is 14.4 Å². The standard InChI is InChI=1S/C30H30N4O3/c1-30(2,3)29(37)33(4)24-11-7-12-25(18-24)34(27(36)19-26(35)28-31-15-8-16-32-28)20-21-13-14-22-9-5-6-10-23(22)17-21/h5-18H,19-20H2,1-4H3. The van der Waals surface area contributed by atoms with Crippen LogP contribution in [-0.4, -0.2) is 34.6 Å². The molecule has 1 aromatic heterocycles. The molecule has 0 unspecified atom stereocenters. The molecule has 4 aromatic rings. The van der Waals surface area contributed by atoms with E-state index in [1.807, 2.05) is 69.3 Å². The van der Waals surface area contributed by atoms with Crippen LogP contribution in [-0.2, 0) is 16.1 Å². The van der Waals surface area contributed by atoms with Crippen molar-refractivity contribution in [3.8, 4) is 0 Å². The summed E-state index contributed by atoms with van der Waals surface area (Å²) < 4.78 is 0. The monoisotopic (exact) mass is 494 g/mol. The molecule has 4 rings (SSSR count). The molecular formula is C30H30N4O3. The van der Waals surface area contributed by atoms with E-state index in [-0.39, 0.29) is 30.6 Å². The van der Waals surface area contributed by atoms with Crippen LogP contribution in [0.15, 0.2) is 85.2 Å². The lowest BCUT2D eigenvalue weighted by molar-refractivity contribution is -0.125. The lowest BCUT2D eigenvalue weighted by atomic mass is 9.94. The van der Waals surface area contributed by atoms with E-state index in [1.54, 1.807) is 41.1 Å². The van der Waals surface area contributed by atoms with Crippen molar-refractivity contribution in [2.45, 2.75) is 33.7 Å². The summed E-state index contributed by atoms with van der Waals surface area (Å²) in [7, 11) is 1.72. The molecule has 0 spiro atoms. The Labute approximate surface area is 216 Å². The molecule has 0 N–H and O–H groups in total. The Morgan fingerprint density at radius 2 is 1.46 bits per heavy atom. The Balaban J connectivity index is 1.68. The Morgan fingerprint density at radius 3 is 2.16 bits per heavy atom. The number of hydrogen-bond donors (Lipinski definition) is 0. The molecule has 1 heterocycles. The summed E-state index contributed by atoms with van der Waals surface area (Å²) in [5.74, 6) is -0.878. The summed E-state index contributed by atoms with van der Waals surface area (Å²) in [6, 6.07) is 22.9. The minimum Gasteiger partial charge on any atom is -0.315 e. The second-order valence-corrected chi connectivity index (χ2v) is 9.97. The van der Waals surface area contributed by atoms with Crippen LogP contribution in [0.25, 0.3) is 10.8 Å². The van der Waals surface area contributed by atoms with Gasteiger partial charge in [0.05, 0.1) is 13.0 Å². The van der Waals surface area contributed by atoms with Crippen LogP contribution in [0.3, 0.4) is 0 Å². The first-order chi connectivity index (χ1) is 17.6. The van der Waals surface area contributed by atoms with E-state index >= 15 is 0 Å². The van der Waals surface area contributed by atoms with E-state index in [1.165, 1.54) is 12.4 Å². The van der Waals surface area contributed by atoms with Crippen molar-refractivity contribution in [2.75, 3.05) is 16.8 Å². The SMILES string of the molecule is CN(C(=O)C(C)(C)C)c1cccc(N(Cc2ccc3ccccc3c2)C(=O)CC(=O)c2ncccn2)c1. The molecule has 2 amide bonds. The highest BCUT2D eigenvalue weighted by Gasteiger charge is 2.27. The van der Waals surface area contributed by atoms with E-state index < -0.39 is 11.2 Å². The Morgan fingerprint density at radius 1 is 0.784 bits per heavy atom. The molecule has 0 aliphatic heterocycles. The molecule has 0 bridgehead atoms. The molecule has 7 nitrogen and oxygen atoms in total. The number of amides is 2. The van der Waals surface area contributed by atoms with Gasteiger partial charge >= 0.3 is 0 Å². The molecule has 0 aliphatic carbocycles. The summed E-state index contributed by atoms with van der Waals surface area (Å²) in [5.41, 5.74) is 1.60. The van der Waals surface area contributed by atoms with Gasteiger partial charge in [-0.05, 0) is 46.7 Å². The van der Waals surface area contributed by atoms with E-state index in [0.29, 0.717) is 11.4 Å². The number of rotatable bonds is 7. The molecule has 188 valence electrons. The molecule has 7 heteroatoms. The number of aromatic nitrogens is 2. The van der Waals surface area contributed by atoms with Crippen molar-refractivity contribution in [1.29, 1.82) is 0 Å². The zero-order valence-corrected chi connectivity index (χ0v) is 21.5. The van der Waals surface area contributed by atoms with E-state index in [4.69, 9.17) is 0 Å². The maximum atomic E-state index is 13.5. The van der Waals surface area contributed by atoms with Gasteiger partial charge < -0.3 is 9.80 Å². The fraction of sp³-hybridized carbons (Fsp3) is 0.233. The van der Waals surface area contributed by atoms with Gasteiger partial charge in [-0.25, -0.2) is 9.97 Å². The zero-order chi connectivity index (χ0) is 26.6. The summed E-state index contributed by atoms with van der Waals surface area (Å²) in [5, 5.41) is 2.16. The highest BCUT2D eigenvalue weighted by atomic mass is 16.2. The number of ketones is 1. The number of anilines is 2. The number of carbonyl (C=O) groups is 3. The van der Waals surface area contributed by atoms with Gasteiger partial charge in [-0.1, -0.05) is 63.2 Å². The third kappa shape index (κ3) is 6.06. The molecule has 0 fully saturated rings. The summed E-state index contributed by atoms with van der Waals surface area (Å²) >= 11 is 0. The van der Waals surface area contributed by atoms with Crippen LogP contribution in [0.5, 0.6) is 0 Å². The average molecular weight is 495 g/mol. The van der Waals surface area contributed by atoms with E-state index in [2.05, 4.69) is 9.97 Å². The number of Topliss-reactive ketones (excluding diaryl/α,β-unsaturated/α-hetero) is 1. The van der Waals surface area contributed by atoms with Crippen LogP contribution >= 0.6 is 0 Å². The predicted molar refractivity (Wildman–Crippen MR) is 145 cm³/mol. The Bertz CT molecular complexity index is 1440. The zero-order valence-electron chi connectivity index (χ0n) is 21.5. The third-order valence-corrected chi connectivity index (χ3v) is 6.06. The number of benzene rings is 3. The molecular weight excluding hydrogens is 464 g/mol. The van der Waals surface area contributed by atoms with Crippen molar-refractivity contribution in [2.24, 2.45) is 5.41 Å². The smallest absolute Gasteiger partial charge is 0.235 e. The van der Waals surface area contributed by atoms with Gasteiger partial charge in [0.25, 0.3) is 0 Å². The van der Waals surface area contributed by atoms with Crippen molar-refractivity contribution in [3.05, 3.63) is 96.6 Å². The quantitative estimate of drug-likeness (QED) is 0.252. The fourth-order valence-electron chi connectivity index (χ4n) is 4.09. The predicted octanol–water partition coefficient (Wildman–Crippen LogP) is 5.44. The molecule has 0 radical (unpaired) electrons. The molecule has 0 saturated carbocycles. The first kappa shape index (κ1) is 25.7. The van der Waals surface area contributed by atoms with Gasteiger partial charge in [-0.15, -0.1) is 0 Å². The molecule has 37 heavy (non-hydrogen) atoms. The minimum atomic E-state index is -0.562. The molecule has 3 aromatic carbocycles. The first-order valence-electron chi connectivity index (χ1n) is 12.1. The second kappa shape index (κ2) is 10.7. The lowest BCUT2D eigenvalue weighted by Gasteiger charge is -2.28. The minimum absolute atomic E-state index is 0.00534. The number of carbonyl (C=O) groups excluding carboxylic acids is 3. The fourth-order valence-corrected chi connectivity index (χ4v) is 4.09. The van der Waals surface area contributed by atoms with Gasteiger partial charge in [-0.2, -0.15) is 0 Å². The van der Waals surface area contributed by atoms with Gasteiger partial charge in [0.2, 0.25) is 17.6 Å². The highest BCUT2D eigenvalue weighted by molar-refractivity contribution is 6.10. The van der Waals surface area contributed by atoms with Crippen LogP contribution in [0.1, 0.15) is 43.4 Å². The average Bonchev–Trinajstić information content (AvgIpc) is 2.90. The summed E-state index contributed by atoms with van der Waals surface area (Å²) in [6.07, 6.45) is 2.57. The van der Waals surface area contributed by atoms with Gasteiger partial charge in [0.15, 0.2) is 5.82 Å². The summed E-state index contributed by atoms with van der Waals surface area (Å²) in [4.78, 5) is 50.3. The third-order valence-electron chi connectivity index (χ3n) is 6.06. The van der Waals surface area contributed by atoms with E-state index in [0.717, 1.165) is 16.3 Å². The first-order valence-corrected chi connectivity index (χ1v) is 12.1. The molecule has 0 aliphatic rings. The lowest BCUT2D eigenvalue weighted by Crippen LogP contribution is -2.37. The molecule has 0 saturated heterocycles. The Hall–Kier alpha value is -4.39. The van der Waals surface area contributed by atoms with Crippen molar-refractivity contribution in [3.63, 3.8) is 0 Å². The summed E-state index contributed by atoms with van der Waals surface area (Å²) in [6.45, 7) is 5.85. The van der Waals surface area contributed by atoms with Crippen LogP contribution in [0.2, 0.25) is 0 Å². The number of hydrogen-bond acceptors (Lipinski definition) is 5. The topological polar surface area (TPSA) is 83.5 Å². The van der Waals surface area contributed by atoms with Crippen molar-refractivity contribution < 1.29 is 14.4 Å². The maximum Gasteiger partial charge on any atom is 0.235 e. The number of fused-ring (bicyclic) bond motifs is 1. The Kier molecular flexibility index (Phi) is 7.43. The molecule has 0 atom stereocenters. The van der Waals surface area contributed by atoms with E-state index in [9.17, 15) is 14.4 Å². The number of nitrogens with zero attached hydrogens (tertiary/aromatic N) is 4. The van der Waals surface area contributed by atoms with Gasteiger partial charge in [0, 0.05) is 36.2 Å². The van der Waals surface area contributed by atoms with Crippen LogP contribution in [0.4, 0.5) is 11.4 Å². The normalized spacial score (nSPS) is 11.2. The highest BCUT2D eigenvalue weighted by Crippen LogP contribution is 2.28. The van der Waals surface area contributed by atoms with Gasteiger partial charge in [0.1, 0.15) is 0 Å².